The second-order valence-corrected chi connectivity index (χ2v) is 10.9. The van der Waals surface area contributed by atoms with Crippen LogP contribution in [-0.2, 0) is 0 Å². The first-order chi connectivity index (χ1) is 20.9. The van der Waals surface area contributed by atoms with Crippen molar-refractivity contribution < 1.29 is 0 Å². The molecule has 0 spiro atoms. The summed E-state index contributed by atoms with van der Waals surface area (Å²) in [5.74, 6) is 0. The number of rotatable bonds is 6. The van der Waals surface area contributed by atoms with Crippen molar-refractivity contribution in [3.05, 3.63) is 163 Å². The number of para-hydroxylation sites is 3. The van der Waals surface area contributed by atoms with Crippen molar-refractivity contribution in [3.8, 4) is 0 Å². The molecule has 1 aliphatic carbocycles. The topological polar surface area (TPSA) is 6.48 Å². The number of nitrogens with zero attached hydrogens (tertiary/aromatic N) is 2. The molecule has 0 bridgehead atoms. The van der Waals surface area contributed by atoms with Crippen molar-refractivity contribution in [1.29, 1.82) is 0 Å². The highest BCUT2D eigenvalue weighted by Gasteiger charge is 2.25. The van der Waals surface area contributed by atoms with Crippen LogP contribution in [0.4, 0.5) is 28.4 Å². The third-order valence-corrected chi connectivity index (χ3v) is 8.41. The van der Waals surface area contributed by atoms with Crippen molar-refractivity contribution in [2.75, 3.05) is 9.80 Å². The number of hydrogen-bond donors (Lipinski definition) is 0. The first kappa shape index (κ1) is 24.5. The van der Waals surface area contributed by atoms with E-state index in [2.05, 4.69) is 168 Å². The minimum absolute atomic E-state index is 0.990. The zero-order valence-electron chi connectivity index (χ0n) is 23.3. The van der Waals surface area contributed by atoms with Crippen LogP contribution in [0, 0.1) is 0 Å². The summed E-state index contributed by atoms with van der Waals surface area (Å²) in [4.78, 5) is 4.89. The Morgan fingerprint density at radius 2 is 0.976 bits per heavy atom. The summed E-state index contributed by atoms with van der Waals surface area (Å²) in [5.41, 5.74) is 7.11. The summed E-state index contributed by atoms with van der Waals surface area (Å²) >= 11 is 0. The molecule has 0 aliphatic heterocycles. The van der Waals surface area contributed by atoms with Gasteiger partial charge in [0.15, 0.2) is 0 Å². The fourth-order valence-electron chi connectivity index (χ4n) is 6.56. The lowest BCUT2D eigenvalue weighted by Gasteiger charge is -2.33. The fourth-order valence-corrected chi connectivity index (χ4v) is 6.56. The predicted molar refractivity (Wildman–Crippen MR) is 180 cm³/mol. The lowest BCUT2D eigenvalue weighted by molar-refractivity contribution is 0.919. The highest BCUT2D eigenvalue weighted by Crippen LogP contribution is 2.49. The third-order valence-electron chi connectivity index (χ3n) is 8.41. The Morgan fingerprint density at radius 3 is 1.50 bits per heavy atom. The van der Waals surface area contributed by atoms with E-state index in [0.717, 1.165) is 24.2 Å². The molecule has 7 aromatic carbocycles. The normalized spacial score (nSPS) is 13.1. The average Bonchev–Trinajstić information content (AvgIpc) is 3.07. The molecule has 0 atom stereocenters. The quantitative estimate of drug-likeness (QED) is 0.194. The maximum atomic E-state index is 2.48. The summed E-state index contributed by atoms with van der Waals surface area (Å²) in [6.45, 7) is 0. The minimum atomic E-state index is 0.990. The van der Waals surface area contributed by atoms with E-state index in [0.29, 0.717) is 0 Å². The minimum Gasteiger partial charge on any atom is -0.314 e. The van der Waals surface area contributed by atoms with Crippen molar-refractivity contribution in [2.45, 2.75) is 12.8 Å². The van der Waals surface area contributed by atoms with E-state index in [9.17, 15) is 0 Å². The predicted octanol–water partition coefficient (Wildman–Crippen LogP) is 11.4. The molecule has 0 N–H and O–H groups in total. The molecular weight excluding hydrogens is 508 g/mol. The second-order valence-electron chi connectivity index (χ2n) is 10.9. The van der Waals surface area contributed by atoms with Crippen molar-refractivity contribution in [2.24, 2.45) is 0 Å². The molecule has 0 radical (unpaired) electrons. The van der Waals surface area contributed by atoms with Gasteiger partial charge in [0, 0.05) is 38.9 Å². The first-order valence-electron chi connectivity index (χ1n) is 14.7. The highest BCUT2D eigenvalue weighted by molar-refractivity contribution is 6.28. The van der Waals surface area contributed by atoms with Gasteiger partial charge in [0.05, 0.1) is 11.4 Å². The maximum absolute atomic E-state index is 2.48. The second kappa shape index (κ2) is 10.2. The average molecular weight is 539 g/mol. The van der Waals surface area contributed by atoms with E-state index in [4.69, 9.17) is 0 Å². The number of benzene rings is 7. The molecule has 8 rings (SSSR count). The lowest BCUT2D eigenvalue weighted by atomic mass is 9.91. The molecule has 0 unspecified atom stereocenters. The highest BCUT2D eigenvalue weighted by atomic mass is 15.2. The monoisotopic (exact) mass is 538 g/mol. The fraction of sp³-hybridized carbons (Fsp3) is 0.0500. The van der Waals surface area contributed by atoms with E-state index >= 15 is 0 Å². The van der Waals surface area contributed by atoms with Gasteiger partial charge in [-0.25, -0.2) is 0 Å². The Kier molecular flexibility index (Phi) is 5.97. The van der Waals surface area contributed by atoms with E-state index in [1.807, 2.05) is 0 Å². The van der Waals surface area contributed by atoms with Crippen LogP contribution in [0.2, 0.25) is 0 Å². The summed E-state index contributed by atoms with van der Waals surface area (Å²) in [6.07, 6.45) is 8.76. The van der Waals surface area contributed by atoms with Crippen LogP contribution >= 0.6 is 0 Å². The zero-order valence-corrected chi connectivity index (χ0v) is 23.3. The Bertz CT molecular complexity index is 2020. The summed E-state index contributed by atoms with van der Waals surface area (Å²) < 4.78 is 0. The Balaban J connectivity index is 1.52. The number of hydrogen-bond acceptors (Lipinski definition) is 2. The molecule has 7 aromatic rings. The maximum Gasteiger partial charge on any atom is 0.0561 e. The molecule has 2 nitrogen and oxygen atoms in total. The molecule has 2 heteroatoms. The van der Waals surface area contributed by atoms with E-state index in [1.54, 1.807) is 0 Å². The largest absolute Gasteiger partial charge is 0.314 e. The molecular formula is C40H30N2. The SMILES string of the molecule is C1=CCCC(N(c2ccccc2)c2cc(N(c3ccccc3)c3ccccc3)c3ccc4cccc5ccc2c3c54)=C1. The van der Waals surface area contributed by atoms with Crippen molar-refractivity contribution >= 4 is 60.8 Å². The smallest absolute Gasteiger partial charge is 0.0561 e. The molecule has 0 fully saturated rings. The van der Waals surface area contributed by atoms with Crippen LogP contribution in [0.3, 0.4) is 0 Å². The summed E-state index contributed by atoms with van der Waals surface area (Å²) in [6, 6.07) is 50.6. The summed E-state index contributed by atoms with van der Waals surface area (Å²) in [5, 5.41) is 7.68. The van der Waals surface area contributed by atoms with Gasteiger partial charge < -0.3 is 9.80 Å². The molecule has 0 aromatic heterocycles. The van der Waals surface area contributed by atoms with Gasteiger partial charge in [-0.3, -0.25) is 0 Å². The van der Waals surface area contributed by atoms with E-state index in [-0.39, 0.29) is 0 Å². The van der Waals surface area contributed by atoms with Crippen LogP contribution < -0.4 is 9.80 Å². The van der Waals surface area contributed by atoms with Gasteiger partial charge in [0.2, 0.25) is 0 Å². The van der Waals surface area contributed by atoms with Crippen LogP contribution in [0.15, 0.2) is 163 Å². The van der Waals surface area contributed by atoms with Crippen LogP contribution in [0.5, 0.6) is 0 Å². The molecule has 0 heterocycles. The molecule has 0 saturated carbocycles. The van der Waals surface area contributed by atoms with Gasteiger partial charge in [0.25, 0.3) is 0 Å². The molecule has 0 saturated heterocycles. The molecule has 200 valence electrons. The molecule has 42 heavy (non-hydrogen) atoms. The molecule has 0 amide bonds. The number of anilines is 5. The van der Waals surface area contributed by atoms with Gasteiger partial charge >= 0.3 is 0 Å². The lowest BCUT2D eigenvalue weighted by Crippen LogP contribution is -2.19. The van der Waals surface area contributed by atoms with E-state index in [1.165, 1.54) is 55.1 Å². The van der Waals surface area contributed by atoms with Crippen LogP contribution in [0.1, 0.15) is 12.8 Å². The van der Waals surface area contributed by atoms with Crippen LogP contribution in [0.25, 0.3) is 32.3 Å². The van der Waals surface area contributed by atoms with Crippen LogP contribution in [-0.4, -0.2) is 0 Å². The van der Waals surface area contributed by atoms with Gasteiger partial charge in [-0.15, -0.1) is 0 Å². The Labute approximate surface area is 246 Å². The molecule has 1 aliphatic rings. The number of allylic oxidation sites excluding steroid dienone is 4. The van der Waals surface area contributed by atoms with Crippen molar-refractivity contribution in [3.63, 3.8) is 0 Å². The Hall–Kier alpha value is -5.34. The van der Waals surface area contributed by atoms with Gasteiger partial charge in [-0.2, -0.15) is 0 Å². The van der Waals surface area contributed by atoms with E-state index < -0.39 is 0 Å². The van der Waals surface area contributed by atoms with Crippen molar-refractivity contribution in [1.82, 2.24) is 0 Å². The van der Waals surface area contributed by atoms with Gasteiger partial charge in [-0.05, 0) is 77.5 Å². The first-order valence-corrected chi connectivity index (χ1v) is 14.7. The zero-order chi connectivity index (χ0) is 27.9. The Morgan fingerprint density at radius 1 is 0.452 bits per heavy atom. The van der Waals surface area contributed by atoms with Gasteiger partial charge in [0.1, 0.15) is 0 Å². The standard InChI is InChI=1S/C40H30N2/c1-5-16-31(17-6-1)41(32-18-7-2-8-19-32)37-28-38(42(33-20-9-3-10-21-33)34-22-11-4-12-23-34)36-27-25-30-15-13-14-29-24-26-35(37)40(36)39(29)30/h1-11,13-22,24-28H,12,23H2. The van der Waals surface area contributed by atoms with Gasteiger partial charge in [-0.1, -0.05) is 109 Å². The third kappa shape index (κ3) is 4.03. The summed E-state index contributed by atoms with van der Waals surface area (Å²) in [7, 11) is 0.